The maximum atomic E-state index is 6.29. The molecule has 0 aromatic heterocycles. The zero-order valence-corrected chi connectivity index (χ0v) is 11.5. The molecule has 0 aliphatic carbocycles. The summed E-state index contributed by atoms with van der Waals surface area (Å²) in [7, 11) is 0. The maximum absolute atomic E-state index is 6.29. The standard InChI is InChI=1S/C14H22N2S/c1-11-3-5-13(6-4-11)14(15)9-16-7-8-17-10-12(16)2/h3-6,12,14H,7-10,15H2,1-2H3. The fourth-order valence-corrected chi connectivity index (χ4v) is 3.29. The highest BCUT2D eigenvalue weighted by molar-refractivity contribution is 7.99. The molecule has 1 saturated heterocycles. The molecule has 2 unspecified atom stereocenters. The van der Waals surface area contributed by atoms with E-state index in [1.54, 1.807) is 0 Å². The Morgan fingerprint density at radius 3 is 2.76 bits per heavy atom. The summed E-state index contributed by atoms with van der Waals surface area (Å²) in [6.45, 7) is 6.56. The lowest BCUT2D eigenvalue weighted by molar-refractivity contribution is 0.219. The average molecular weight is 250 g/mol. The second kappa shape index (κ2) is 5.89. The molecule has 1 fully saturated rings. The van der Waals surface area contributed by atoms with E-state index >= 15 is 0 Å². The highest BCUT2D eigenvalue weighted by atomic mass is 32.2. The lowest BCUT2D eigenvalue weighted by atomic mass is 10.0. The van der Waals surface area contributed by atoms with Gasteiger partial charge in [0.2, 0.25) is 0 Å². The molecule has 0 radical (unpaired) electrons. The number of hydrogen-bond acceptors (Lipinski definition) is 3. The Hall–Kier alpha value is -0.510. The molecular weight excluding hydrogens is 228 g/mol. The topological polar surface area (TPSA) is 29.3 Å². The maximum Gasteiger partial charge on any atom is 0.0424 e. The highest BCUT2D eigenvalue weighted by Gasteiger charge is 2.20. The molecule has 1 aliphatic heterocycles. The first-order chi connectivity index (χ1) is 8.16. The van der Waals surface area contributed by atoms with Gasteiger partial charge >= 0.3 is 0 Å². The van der Waals surface area contributed by atoms with Gasteiger partial charge in [0.15, 0.2) is 0 Å². The van der Waals surface area contributed by atoms with E-state index in [-0.39, 0.29) is 6.04 Å². The monoisotopic (exact) mass is 250 g/mol. The molecule has 0 amide bonds. The molecule has 1 aromatic carbocycles. The van der Waals surface area contributed by atoms with E-state index in [0.29, 0.717) is 6.04 Å². The zero-order valence-electron chi connectivity index (χ0n) is 10.7. The molecule has 2 atom stereocenters. The molecule has 0 bridgehead atoms. The van der Waals surface area contributed by atoms with E-state index in [0.717, 1.165) is 6.54 Å². The van der Waals surface area contributed by atoms with Gasteiger partial charge in [-0.05, 0) is 19.4 Å². The van der Waals surface area contributed by atoms with E-state index in [4.69, 9.17) is 5.73 Å². The minimum Gasteiger partial charge on any atom is -0.323 e. The number of thioether (sulfide) groups is 1. The molecule has 94 valence electrons. The smallest absolute Gasteiger partial charge is 0.0424 e. The van der Waals surface area contributed by atoms with Crippen LogP contribution >= 0.6 is 11.8 Å². The normalized spacial score (nSPS) is 23.6. The van der Waals surface area contributed by atoms with Gasteiger partial charge in [-0.1, -0.05) is 29.8 Å². The summed E-state index contributed by atoms with van der Waals surface area (Å²) in [5.41, 5.74) is 8.84. The second-order valence-corrected chi connectivity index (χ2v) is 6.09. The Morgan fingerprint density at radius 1 is 1.41 bits per heavy atom. The third-order valence-corrected chi connectivity index (χ3v) is 4.63. The van der Waals surface area contributed by atoms with E-state index in [1.165, 1.54) is 29.2 Å². The molecule has 2 nitrogen and oxygen atoms in total. The van der Waals surface area contributed by atoms with Crippen LogP contribution in [-0.2, 0) is 0 Å². The zero-order chi connectivity index (χ0) is 12.3. The lowest BCUT2D eigenvalue weighted by Gasteiger charge is -2.34. The van der Waals surface area contributed by atoms with Crippen LogP contribution in [0.15, 0.2) is 24.3 Å². The van der Waals surface area contributed by atoms with Crippen LogP contribution in [0.25, 0.3) is 0 Å². The van der Waals surface area contributed by atoms with Crippen molar-refractivity contribution in [1.29, 1.82) is 0 Å². The van der Waals surface area contributed by atoms with Crippen LogP contribution in [0.5, 0.6) is 0 Å². The SMILES string of the molecule is Cc1ccc(C(N)CN2CCSCC2C)cc1. The molecule has 2 rings (SSSR count). The minimum atomic E-state index is 0.140. The third kappa shape index (κ3) is 3.47. The van der Waals surface area contributed by atoms with Crippen LogP contribution in [0.3, 0.4) is 0 Å². The number of nitrogens with two attached hydrogens (primary N) is 1. The summed E-state index contributed by atoms with van der Waals surface area (Å²) < 4.78 is 0. The van der Waals surface area contributed by atoms with Crippen molar-refractivity contribution in [3.05, 3.63) is 35.4 Å². The quantitative estimate of drug-likeness (QED) is 0.893. The van der Waals surface area contributed by atoms with E-state index in [1.807, 2.05) is 11.8 Å². The minimum absolute atomic E-state index is 0.140. The van der Waals surface area contributed by atoms with Gasteiger partial charge in [-0.15, -0.1) is 0 Å². The van der Waals surface area contributed by atoms with Crippen LogP contribution in [0.1, 0.15) is 24.1 Å². The summed E-state index contributed by atoms with van der Waals surface area (Å²) >= 11 is 2.05. The Balaban J connectivity index is 1.95. The van der Waals surface area contributed by atoms with Crippen molar-refractivity contribution in [3.8, 4) is 0 Å². The first-order valence-corrected chi connectivity index (χ1v) is 7.46. The predicted molar refractivity (Wildman–Crippen MR) is 76.5 cm³/mol. The van der Waals surface area contributed by atoms with Crippen LogP contribution in [-0.4, -0.2) is 35.5 Å². The van der Waals surface area contributed by atoms with Crippen molar-refractivity contribution in [1.82, 2.24) is 4.90 Å². The largest absolute Gasteiger partial charge is 0.323 e. The molecule has 1 aliphatic rings. The Morgan fingerprint density at radius 2 is 2.12 bits per heavy atom. The number of benzene rings is 1. The fraction of sp³-hybridized carbons (Fsp3) is 0.571. The first kappa shape index (κ1) is 12.9. The number of nitrogens with zero attached hydrogens (tertiary/aromatic N) is 1. The van der Waals surface area contributed by atoms with Crippen molar-refractivity contribution in [2.45, 2.75) is 25.9 Å². The van der Waals surface area contributed by atoms with Gasteiger partial charge in [-0.25, -0.2) is 0 Å². The molecule has 1 aromatic rings. The van der Waals surface area contributed by atoms with Gasteiger partial charge in [0, 0.05) is 36.7 Å². The molecule has 1 heterocycles. The average Bonchev–Trinajstić information content (AvgIpc) is 2.33. The first-order valence-electron chi connectivity index (χ1n) is 6.31. The third-order valence-electron chi connectivity index (χ3n) is 3.44. The van der Waals surface area contributed by atoms with Crippen LogP contribution in [0.2, 0.25) is 0 Å². The van der Waals surface area contributed by atoms with Gasteiger partial charge in [0.25, 0.3) is 0 Å². The molecule has 3 heteroatoms. The van der Waals surface area contributed by atoms with Gasteiger partial charge in [-0.3, -0.25) is 4.90 Å². The Labute approximate surface area is 109 Å². The van der Waals surface area contributed by atoms with E-state index in [2.05, 4.69) is 43.0 Å². The predicted octanol–water partition coefficient (Wildman–Crippen LogP) is 2.43. The highest BCUT2D eigenvalue weighted by Crippen LogP contribution is 2.19. The summed E-state index contributed by atoms with van der Waals surface area (Å²) in [6.07, 6.45) is 0. The van der Waals surface area contributed by atoms with Gasteiger partial charge in [0.05, 0.1) is 0 Å². The fourth-order valence-electron chi connectivity index (χ4n) is 2.20. The molecule has 17 heavy (non-hydrogen) atoms. The second-order valence-electron chi connectivity index (χ2n) is 4.94. The molecule has 0 saturated carbocycles. The molecule has 2 N–H and O–H groups in total. The summed E-state index contributed by atoms with van der Waals surface area (Å²) in [5.74, 6) is 2.48. The Kier molecular flexibility index (Phi) is 4.48. The summed E-state index contributed by atoms with van der Waals surface area (Å²) in [4.78, 5) is 2.51. The van der Waals surface area contributed by atoms with E-state index in [9.17, 15) is 0 Å². The molecule has 0 spiro atoms. The molecular formula is C14H22N2S. The van der Waals surface area contributed by atoms with Gasteiger partial charge in [0.1, 0.15) is 0 Å². The van der Waals surface area contributed by atoms with E-state index < -0.39 is 0 Å². The van der Waals surface area contributed by atoms with Crippen molar-refractivity contribution in [2.24, 2.45) is 5.73 Å². The van der Waals surface area contributed by atoms with Crippen molar-refractivity contribution in [2.75, 3.05) is 24.6 Å². The summed E-state index contributed by atoms with van der Waals surface area (Å²) in [5, 5.41) is 0. The van der Waals surface area contributed by atoms with Gasteiger partial charge < -0.3 is 5.73 Å². The van der Waals surface area contributed by atoms with Crippen molar-refractivity contribution in [3.63, 3.8) is 0 Å². The number of rotatable bonds is 3. The Bertz CT molecular complexity index is 350. The van der Waals surface area contributed by atoms with Crippen molar-refractivity contribution < 1.29 is 0 Å². The summed E-state index contributed by atoms with van der Waals surface area (Å²) in [6, 6.07) is 9.40. The van der Waals surface area contributed by atoms with Crippen molar-refractivity contribution >= 4 is 11.8 Å². The van der Waals surface area contributed by atoms with Gasteiger partial charge in [-0.2, -0.15) is 11.8 Å². The van der Waals surface area contributed by atoms with Crippen LogP contribution in [0.4, 0.5) is 0 Å². The van der Waals surface area contributed by atoms with Crippen LogP contribution < -0.4 is 5.73 Å². The lowest BCUT2D eigenvalue weighted by Crippen LogP contribution is -2.43. The number of hydrogen-bond donors (Lipinski definition) is 1. The number of aryl methyl sites for hydroxylation is 1. The van der Waals surface area contributed by atoms with Crippen LogP contribution in [0, 0.1) is 6.92 Å².